The first-order valence-electron chi connectivity index (χ1n) is 7.86. The van der Waals surface area contributed by atoms with Crippen molar-refractivity contribution < 1.29 is 18.3 Å². The van der Waals surface area contributed by atoms with Crippen LogP contribution in [0.25, 0.3) is 0 Å². The van der Waals surface area contributed by atoms with Crippen LogP contribution in [0.15, 0.2) is 24.3 Å². The predicted octanol–water partition coefficient (Wildman–Crippen LogP) is 3.18. The number of aromatic nitrogens is 2. The highest BCUT2D eigenvalue weighted by atomic mass is 19.1. The maximum Gasteiger partial charge on any atom is 0.274 e. The van der Waals surface area contributed by atoms with Crippen molar-refractivity contribution in [2.45, 2.75) is 31.7 Å². The number of pyridine rings is 2. The number of anilines is 2. The molecule has 0 radical (unpaired) electrons. The van der Waals surface area contributed by atoms with Gasteiger partial charge in [0.05, 0.1) is 7.11 Å². The van der Waals surface area contributed by atoms with Crippen LogP contribution in [0.2, 0.25) is 0 Å². The maximum atomic E-state index is 13.2. The van der Waals surface area contributed by atoms with Crippen LogP contribution in [-0.4, -0.2) is 28.5 Å². The Hall–Kier alpha value is -2.77. The van der Waals surface area contributed by atoms with Crippen LogP contribution in [0.1, 0.15) is 36.7 Å². The van der Waals surface area contributed by atoms with Crippen molar-refractivity contribution >= 4 is 17.4 Å². The average molecular weight is 348 g/mol. The van der Waals surface area contributed by atoms with Crippen LogP contribution in [0, 0.1) is 11.9 Å². The van der Waals surface area contributed by atoms with Crippen LogP contribution in [0.4, 0.5) is 20.3 Å². The molecule has 0 spiro atoms. The monoisotopic (exact) mass is 348 g/mol. The highest BCUT2D eigenvalue weighted by Crippen LogP contribution is 2.32. The molecular formula is C17H18F2N4O2. The standard InChI is InChI=1S/C17H18F2N4O2/c1-17(6-3-7-17)23-16(24)15-11(25-2)4-5-14(22-15)20-10-8-12(18)21-13(19)9-10/h4-5,8-9H,3,6-7H2,1-2H3,(H,23,24)(H,20,21,22). The van der Waals surface area contributed by atoms with Crippen LogP contribution < -0.4 is 15.4 Å². The molecule has 1 amide bonds. The zero-order chi connectivity index (χ0) is 18.0. The van der Waals surface area contributed by atoms with Crippen LogP contribution in [0.5, 0.6) is 5.75 Å². The fraction of sp³-hybridized carbons (Fsp3) is 0.353. The summed E-state index contributed by atoms with van der Waals surface area (Å²) in [5, 5.41) is 5.71. The number of nitrogens with one attached hydrogen (secondary N) is 2. The lowest BCUT2D eigenvalue weighted by Gasteiger charge is -2.39. The molecule has 6 nitrogen and oxygen atoms in total. The number of halogens is 2. The Bertz CT molecular complexity index is 789. The number of carbonyl (C=O) groups excluding carboxylic acids is 1. The van der Waals surface area contributed by atoms with E-state index in [2.05, 4.69) is 20.6 Å². The Morgan fingerprint density at radius 2 is 1.88 bits per heavy atom. The molecule has 0 saturated heterocycles. The molecule has 1 aliphatic carbocycles. The second kappa shape index (κ2) is 6.62. The second-order valence-corrected chi connectivity index (χ2v) is 6.24. The minimum Gasteiger partial charge on any atom is -0.494 e. The molecule has 3 rings (SSSR count). The summed E-state index contributed by atoms with van der Waals surface area (Å²) < 4.78 is 31.6. The minimum atomic E-state index is -0.952. The molecule has 0 aromatic carbocycles. The molecule has 1 aliphatic rings. The van der Waals surface area contributed by atoms with E-state index in [0.29, 0.717) is 5.75 Å². The zero-order valence-corrected chi connectivity index (χ0v) is 13.9. The Morgan fingerprint density at radius 1 is 1.20 bits per heavy atom. The van der Waals surface area contributed by atoms with Gasteiger partial charge in [0, 0.05) is 23.4 Å². The number of carbonyl (C=O) groups is 1. The third-order valence-corrected chi connectivity index (χ3v) is 4.20. The van der Waals surface area contributed by atoms with E-state index in [4.69, 9.17) is 4.74 Å². The lowest BCUT2D eigenvalue weighted by atomic mass is 9.78. The number of amides is 1. The van der Waals surface area contributed by atoms with E-state index in [1.807, 2.05) is 6.92 Å². The third kappa shape index (κ3) is 3.84. The topological polar surface area (TPSA) is 76.1 Å². The zero-order valence-electron chi connectivity index (χ0n) is 13.9. The van der Waals surface area contributed by atoms with Crippen molar-refractivity contribution in [3.63, 3.8) is 0 Å². The molecule has 0 atom stereocenters. The maximum absolute atomic E-state index is 13.2. The number of ether oxygens (including phenoxy) is 1. The van der Waals surface area contributed by atoms with Crippen molar-refractivity contribution in [3.05, 3.63) is 41.9 Å². The van der Waals surface area contributed by atoms with E-state index in [1.165, 1.54) is 7.11 Å². The van der Waals surface area contributed by atoms with Gasteiger partial charge in [0.25, 0.3) is 5.91 Å². The van der Waals surface area contributed by atoms with Gasteiger partial charge >= 0.3 is 0 Å². The molecule has 25 heavy (non-hydrogen) atoms. The van der Waals surface area contributed by atoms with Gasteiger partial charge in [-0.15, -0.1) is 0 Å². The molecule has 8 heteroatoms. The summed E-state index contributed by atoms with van der Waals surface area (Å²) in [6, 6.07) is 5.19. The van der Waals surface area contributed by atoms with Crippen LogP contribution >= 0.6 is 0 Å². The molecule has 2 aromatic heterocycles. The van der Waals surface area contributed by atoms with E-state index < -0.39 is 11.9 Å². The molecule has 2 N–H and O–H groups in total. The fourth-order valence-corrected chi connectivity index (χ4v) is 2.69. The lowest BCUT2D eigenvalue weighted by Crippen LogP contribution is -2.51. The molecule has 0 bridgehead atoms. The number of rotatable bonds is 5. The van der Waals surface area contributed by atoms with Gasteiger partial charge in [-0.25, -0.2) is 4.98 Å². The van der Waals surface area contributed by atoms with Gasteiger partial charge in [0.15, 0.2) is 5.69 Å². The first-order chi connectivity index (χ1) is 11.9. The number of methoxy groups -OCH3 is 1. The number of hydrogen-bond acceptors (Lipinski definition) is 5. The molecule has 132 valence electrons. The van der Waals surface area contributed by atoms with Gasteiger partial charge in [-0.1, -0.05) is 0 Å². The molecular weight excluding hydrogens is 330 g/mol. The average Bonchev–Trinajstić information content (AvgIpc) is 2.52. The first kappa shape index (κ1) is 17.1. The Morgan fingerprint density at radius 3 is 2.44 bits per heavy atom. The lowest BCUT2D eigenvalue weighted by molar-refractivity contribution is 0.0842. The summed E-state index contributed by atoms with van der Waals surface area (Å²) in [6.45, 7) is 1.98. The molecule has 0 unspecified atom stereocenters. The van der Waals surface area contributed by atoms with E-state index in [9.17, 15) is 13.6 Å². The minimum absolute atomic E-state index is 0.107. The molecule has 2 heterocycles. The van der Waals surface area contributed by atoms with Gasteiger partial charge < -0.3 is 15.4 Å². The number of nitrogens with zero attached hydrogens (tertiary/aromatic N) is 2. The fourth-order valence-electron chi connectivity index (χ4n) is 2.69. The van der Waals surface area contributed by atoms with E-state index >= 15 is 0 Å². The number of hydrogen-bond donors (Lipinski definition) is 2. The van der Waals surface area contributed by atoms with Crippen LogP contribution in [-0.2, 0) is 0 Å². The predicted molar refractivity (Wildman–Crippen MR) is 87.9 cm³/mol. The first-order valence-corrected chi connectivity index (χ1v) is 7.86. The van der Waals surface area contributed by atoms with Gasteiger partial charge in [-0.05, 0) is 38.3 Å². The summed E-state index contributed by atoms with van der Waals surface area (Å²) in [5.74, 6) is -1.68. The van der Waals surface area contributed by atoms with E-state index in [0.717, 1.165) is 31.4 Å². The molecule has 1 saturated carbocycles. The molecule has 0 aliphatic heterocycles. The summed E-state index contributed by atoms with van der Waals surface area (Å²) >= 11 is 0. The summed E-state index contributed by atoms with van der Waals surface area (Å²) in [4.78, 5) is 19.8. The van der Waals surface area contributed by atoms with Crippen molar-refractivity contribution in [3.8, 4) is 5.75 Å². The third-order valence-electron chi connectivity index (χ3n) is 4.20. The van der Waals surface area contributed by atoms with Gasteiger partial charge in [-0.2, -0.15) is 13.8 Å². The molecule has 2 aromatic rings. The Balaban J connectivity index is 1.85. The van der Waals surface area contributed by atoms with Crippen molar-refractivity contribution in [2.24, 2.45) is 0 Å². The van der Waals surface area contributed by atoms with E-state index in [1.54, 1.807) is 12.1 Å². The second-order valence-electron chi connectivity index (χ2n) is 6.24. The summed E-state index contributed by atoms with van der Waals surface area (Å²) in [5.41, 5.74) is 0.0143. The van der Waals surface area contributed by atoms with Gasteiger partial charge in [0.2, 0.25) is 11.9 Å². The van der Waals surface area contributed by atoms with Crippen molar-refractivity contribution in [1.82, 2.24) is 15.3 Å². The summed E-state index contributed by atoms with van der Waals surface area (Å²) in [6.07, 6.45) is 2.89. The van der Waals surface area contributed by atoms with E-state index in [-0.39, 0.29) is 28.6 Å². The van der Waals surface area contributed by atoms with Crippen molar-refractivity contribution in [1.29, 1.82) is 0 Å². The largest absolute Gasteiger partial charge is 0.494 e. The smallest absolute Gasteiger partial charge is 0.274 e. The Labute approximate surface area is 143 Å². The molecule has 1 fully saturated rings. The van der Waals surface area contributed by atoms with Gasteiger partial charge in [0.1, 0.15) is 11.6 Å². The SMILES string of the molecule is COc1ccc(Nc2cc(F)nc(F)c2)nc1C(=O)NC1(C)CCC1. The summed E-state index contributed by atoms with van der Waals surface area (Å²) in [7, 11) is 1.44. The highest BCUT2D eigenvalue weighted by molar-refractivity contribution is 5.96. The van der Waals surface area contributed by atoms with Gasteiger partial charge in [-0.3, -0.25) is 4.79 Å². The normalized spacial score (nSPS) is 15.2. The van der Waals surface area contributed by atoms with Crippen LogP contribution in [0.3, 0.4) is 0 Å². The van der Waals surface area contributed by atoms with Crippen molar-refractivity contribution in [2.75, 3.05) is 12.4 Å². The highest BCUT2D eigenvalue weighted by Gasteiger charge is 2.34. The Kier molecular flexibility index (Phi) is 4.52. The quantitative estimate of drug-likeness (QED) is 0.812.